The molecule has 1 aromatic rings. The minimum absolute atomic E-state index is 0.110. The number of aldehydes is 1. The molecule has 1 aromatic carbocycles. The number of halogens is 3. The second-order valence-electron chi connectivity index (χ2n) is 1.87. The first-order chi connectivity index (χ1) is 5.16. The van der Waals surface area contributed by atoms with Crippen LogP contribution in [0, 0.1) is 5.82 Å². The summed E-state index contributed by atoms with van der Waals surface area (Å²) >= 11 is 8.64. The number of carbonyl (C=O) groups is 1. The first kappa shape index (κ1) is 8.68. The average molecular weight is 237 g/mol. The molecule has 0 N–H and O–H groups in total. The smallest absolute Gasteiger partial charge is 0.154 e. The number of rotatable bonds is 1. The lowest BCUT2D eigenvalue weighted by Gasteiger charge is -1.98. The number of carbonyl (C=O) groups excluding carboxylic acids is 1. The Bertz CT molecular complexity index is 301. The van der Waals surface area contributed by atoms with Crippen molar-refractivity contribution >= 4 is 33.8 Å². The largest absolute Gasteiger partial charge is 0.298 e. The summed E-state index contributed by atoms with van der Waals surface area (Å²) in [6, 6.07) is 2.63. The zero-order valence-electron chi connectivity index (χ0n) is 5.27. The standard InChI is InChI=1S/C7H3BrClFO/c8-5-1-2-6(10)4(3-11)7(5)9/h1-3H. The molecular weight excluding hydrogens is 234 g/mol. The van der Waals surface area contributed by atoms with Gasteiger partial charge in [-0.2, -0.15) is 0 Å². The lowest BCUT2D eigenvalue weighted by atomic mass is 10.2. The molecule has 0 amide bonds. The van der Waals surface area contributed by atoms with Gasteiger partial charge in [0.15, 0.2) is 6.29 Å². The lowest BCUT2D eigenvalue weighted by molar-refractivity contribution is 0.112. The highest BCUT2D eigenvalue weighted by molar-refractivity contribution is 9.10. The second kappa shape index (κ2) is 3.32. The molecule has 0 spiro atoms. The molecular formula is C7H3BrClFO. The van der Waals surface area contributed by atoms with Crippen molar-refractivity contribution in [1.29, 1.82) is 0 Å². The summed E-state index contributed by atoms with van der Waals surface area (Å²) in [5.74, 6) is -0.604. The third-order valence-corrected chi connectivity index (χ3v) is 2.49. The summed E-state index contributed by atoms with van der Waals surface area (Å²) in [7, 11) is 0. The van der Waals surface area contributed by atoms with Gasteiger partial charge in [0, 0.05) is 4.47 Å². The van der Waals surface area contributed by atoms with E-state index in [1.54, 1.807) is 0 Å². The molecule has 0 aliphatic carbocycles. The van der Waals surface area contributed by atoms with Crippen LogP contribution in [0.15, 0.2) is 16.6 Å². The van der Waals surface area contributed by atoms with E-state index in [1.165, 1.54) is 12.1 Å². The van der Waals surface area contributed by atoms with Crippen molar-refractivity contribution in [2.24, 2.45) is 0 Å². The Hall–Kier alpha value is -0.410. The summed E-state index contributed by atoms with van der Waals surface area (Å²) in [6.45, 7) is 0. The van der Waals surface area contributed by atoms with E-state index in [2.05, 4.69) is 15.9 Å². The molecule has 0 aliphatic rings. The molecule has 1 nitrogen and oxygen atoms in total. The molecule has 0 saturated heterocycles. The highest BCUT2D eigenvalue weighted by Gasteiger charge is 2.08. The summed E-state index contributed by atoms with van der Waals surface area (Å²) < 4.78 is 13.2. The van der Waals surface area contributed by atoms with Crippen molar-refractivity contribution in [3.8, 4) is 0 Å². The molecule has 0 unspecified atom stereocenters. The van der Waals surface area contributed by atoms with Crippen LogP contribution in [0.3, 0.4) is 0 Å². The quantitative estimate of drug-likeness (QED) is 0.542. The molecule has 4 heteroatoms. The van der Waals surface area contributed by atoms with Gasteiger partial charge in [0.2, 0.25) is 0 Å². The summed E-state index contributed by atoms with van der Waals surface area (Å²) in [4.78, 5) is 10.3. The monoisotopic (exact) mass is 236 g/mol. The molecule has 11 heavy (non-hydrogen) atoms. The van der Waals surface area contributed by atoms with Gasteiger partial charge in [-0.3, -0.25) is 4.79 Å². The van der Waals surface area contributed by atoms with E-state index in [-0.39, 0.29) is 10.6 Å². The third kappa shape index (κ3) is 1.60. The Labute approximate surface area is 76.3 Å². The fraction of sp³-hybridized carbons (Fsp3) is 0. The Kier molecular flexibility index (Phi) is 2.62. The molecule has 0 saturated carbocycles. The maximum Gasteiger partial charge on any atom is 0.154 e. The summed E-state index contributed by atoms with van der Waals surface area (Å²) in [6.07, 6.45) is 0.391. The van der Waals surface area contributed by atoms with E-state index < -0.39 is 5.82 Å². The fourth-order valence-electron chi connectivity index (χ4n) is 0.651. The zero-order valence-corrected chi connectivity index (χ0v) is 7.62. The van der Waals surface area contributed by atoms with Gasteiger partial charge in [0.25, 0.3) is 0 Å². The van der Waals surface area contributed by atoms with Crippen LogP contribution in [0.4, 0.5) is 4.39 Å². The molecule has 0 heterocycles. The van der Waals surface area contributed by atoms with Gasteiger partial charge in [-0.15, -0.1) is 0 Å². The number of hydrogen-bond donors (Lipinski definition) is 0. The molecule has 0 atom stereocenters. The van der Waals surface area contributed by atoms with E-state index in [0.717, 1.165) is 0 Å². The predicted molar refractivity (Wildman–Crippen MR) is 44.5 cm³/mol. The van der Waals surface area contributed by atoms with Crippen LogP contribution in [-0.2, 0) is 0 Å². The topological polar surface area (TPSA) is 17.1 Å². The van der Waals surface area contributed by atoms with Crippen LogP contribution in [0.2, 0.25) is 5.02 Å². The van der Waals surface area contributed by atoms with E-state index >= 15 is 0 Å². The maximum atomic E-state index is 12.7. The van der Waals surface area contributed by atoms with Crippen LogP contribution in [0.1, 0.15) is 10.4 Å². The lowest BCUT2D eigenvalue weighted by Crippen LogP contribution is -1.88. The van der Waals surface area contributed by atoms with Crippen LogP contribution in [0.5, 0.6) is 0 Å². The molecule has 0 fully saturated rings. The van der Waals surface area contributed by atoms with E-state index in [1.807, 2.05) is 0 Å². The minimum atomic E-state index is -0.604. The molecule has 0 aromatic heterocycles. The normalized spacial score (nSPS) is 9.73. The Morgan fingerprint density at radius 2 is 2.18 bits per heavy atom. The van der Waals surface area contributed by atoms with E-state index in [4.69, 9.17) is 11.6 Å². The third-order valence-electron chi connectivity index (χ3n) is 1.20. The summed E-state index contributed by atoms with van der Waals surface area (Å²) in [5.41, 5.74) is -0.110. The molecule has 58 valence electrons. The van der Waals surface area contributed by atoms with Gasteiger partial charge in [-0.05, 0) is 28.1 Å². The molecule has 0 aliphatic heterocycles. The SMILES string of the molecule is O=Cc1c(F)ccc(Br)c1Cl. The van der Waals surface area contributed by atoms with Crippen LogP contribution < -0.4 is 0 Å². The molecule has 0 radical (unpaired) electrons. The van der Waals surface area contributed by atoms with Crippen molar-refractivity contribution in [3.63, 3.8) is 0 Å². The predicted octanol–water partition coefficient (Wildman–Crippen LogP) is 3.05. The van der Waals surface area contributed by atoms with Crippen molar-refractivity contribution in [2.45, 2.75) is 0 Å². The fourth-order valence-corrected chi connectivity index (χ4v) is 1.19. The zero-order chi connectivity index (χ0) is 8.43. The molecule has 0 bridgehead atoms. The first-order valence-corrected chi connectivity index (χ1v) is 3.92. The first-order valence-electron chi connectivity index (χ1n) is 2.75. The van der Waals surface area contributed by atoms with Crippen LogP contribution >= 0.6 is 27.5 Å². The van der Waals surface area contributed by atoms with Crippen LogP contribution in [-0.4, -0.2) is 6.29 Å². The molecule has 1 rings (SSSR count). The Balaban J connectivity index is 3.40. The Morgan fingerprint density at radius 3 is 2.64 bits per heavy atom. The number of benzene rings is 1. The van der Waals surface area contributed by atoms with E-state index in [9.17, 15) is 9.18 Å². The van der Waals surface area contributed by atoms with Gasteiger partial charge in [0.1, 0.15) is 5.82 Å². The van der Waals surface area contributed by atoms with Crippen LogP contribution in [0.25, 0.3) is 0 Å². The second-order valence-corrected chi connectivity index (χ2v) is 3.11. The average Bonchev–Trinajstić information content (AvgIpc) is 1.99. The van der Waals surface area contributed by atoms with Gasteiger partial charge >= 0.3 is 0 Å². The minimum Gasteiger partial charge on any atom is -0.298 e. The van der Waals surface area contributed by atoms with Crippen molar-refractivity contribution in [2.75, 3.05) is 0 Å². The maximum absolute atomic E-state index is 12.7. The van der Waals surface area contributed by atoms with Crippen molar-refractivity contribution in [3.05, 3.63) is 33.0 Å². The van der Waals surface area contributed by atoms with E-state index in [0.29, 0.717) is 10.8 Å². The van der Waals surface area contributed by atoms with Gasteiger partial charge in [0.05, 0.1) is 10.6 Å². The number of hydrogen-bond acceptors (Lipinski definition) is 1. The van der Waals surface area contributed by atoms with Crippen molar-refractivity contribution in [1.82, 2.24) is 0 Å². The highest BCUT2D eigenvalue weighted by Crippen LogP contribution is 2.26. The van der Waals surface area contributed by atoms with Crippen molar-refractivity contribution < 1.29 is 9.18 Å². The highest BCUT2D eigenvalue weighted by atomic mass is 79.9. The summed E-state index contributed by atoms with van der Waals surface area (Å²) in [5, 5.41) is 0.111. The van der Waals surface area contributed by atoms with Gasteiger partial charge < -0.3 is 0 Å². The van der Waals surface area contributed by atoms with Gasteiger partial charge in [-0.1, -0.05) is 11.6 Å². The van der Waals surface area contributed by atoms with Gasteiger partial charge in [-0.25, -0.2) is 4.39 Å². The Morgan fingerprint density at radius 1 is 1.55 bits per heavy atom.